The summed E-state index contributed by atoms with van der Waals surface area (Å²) in [5.74, 6) is 0.522. The van der Waals surface area contributed by atoms with Gasteiger partial charge in [-0.25, -0.2) is 13.4 Å². The second-order valence-corrected chi connectivity index (χ2v) is 8.64. The quantitative estimate of drug-likeness (QED) is 0.758. The molecule has 1 aliphatic rings. The monoisotopic (exact) mass is 362 g/mol. The maximum Gasteiger partial charge on any atom is 0.275 e. The summed E-state index contributed by atoms with van der Waals surface area (Å²) in [5.41, 5.74) is 0. The lowest BCUT2D eigenvalue weighted by atomic mass is 10.1. The summed E-state index contributed by atoms with van der Waals surface area (Å²) in [5, 5.41) is 5.12. The van der Waals surface area contributed by atoms with Crippen LogP contribution < -0.4 is 4.74 Å². The maximum absolute atomic E-state index is 12.7. The minimum atomic E-state index is -3.06. The van der Waals surface area contributed by atoms with E-state index < -0.39 is 9.84 Å². The highest BCUT2D eigenvalue weighted by molar-refractivity contribution is 7.91. The lowest BCUT2D eigenvalue weighted by Crippen LogP contribution is -2.51. The van der Waals surface area contributed by atoms with Gasteiger partial charge in [0.2, 0.25) is 0 Å². The van der Waals surface area contributed by atoms with E-state index in [2.05, 4.69) is 0 Å². The number of amides is 1. The van der Waals surface area contributed by atoms with Crippen LogP contribution in [0, 0.1) is 0 Å². The first kappa shape index (κ1) is 17.7. The molecule has 1 aliphatic heterocycles. The molecule has 1 fully saturated rings. The number of hydrazine groups is 1. The molecular weight excluding hydrogens is 340 g/mol. The van der Waals surface area contributed by atoms with Crippen molar-refractivity contribution in [1.29, 1.82) is 0 Å². The zero-order valence-electron chi connectivity index (χ0n) is 14.4. The first-order valence-electron chi connectivity index (χ1n) is 8.18. The molecule has 0 bridgehead atoms. The van der Waals surface area contributed by atoms with E-state index in [1.54, 1.807) is 19.1 Å². The minimum Gasteiger partial charge on any atom is -0.483 e. The van der Waals surface area contributed by atoms with Crippen LogP contribution in [0.5, 0.6) is 5.75 Å². The largest absolute Gasteiger partial charge is 0.483 e. The van der Waals surface area contributed by atoms with Crippen LogP contribution in [-0.2, 0) is 14.6 Å². The lowest BCUT2D eigenvalue weighted by Gasteiger charge is -2.33. The Labute approximate surface area is 147 Å². The van der Waals surface area contributed by atoms with E-state index in [1.807, 2.05) is 42.5 Å². The molecule has 0 N–H and O–H groups in total. The Balaban J connectivity index is 1.73. The number of benzene rings is 2. The number of carbonyl (C=O) groups is 1. The average Bonchev–Trinajstić information content (AvgIpc) is 2.92. The Bertz CT molecular complexity index is 874. The fourth-order valence-corrected chi connectivity index (χ4v) is 4.94. The SMILES string of the molecule is CN(C)N(C(=O)COc1cccc2ccccc12)[C@H]1CCS(=O)(=O)C1. The fraction of sp³-hybridized carbons (Fsp3) is 0.389. The summed E-state index contributed by atoms with van der Waals surface area (Å²) in [4.78, 5) is 12.7. The van der Waals surface area contributed by atoms with Crippen LogP contribution in [0.25, 0.3) is 10.8 Å². The van der Waals surface area contributed by atoms with Crippen molar-refractivity contribution in [2.45, 2.75) is 12.5 Å². The highest BCUT2D eigenvalue weighted by Gasteiger charge is 2.36. The highest BCUT2D eigenvalue weighted by atomic mass is 32.2. The summed E-state index contributed by atoms with van der Waals surface area (Å²) < 4.78 is 29.2. The van der Waals surface area contributed by atoms with E-state index in [1.165, 1.54) is 5.01 Å². The van der Waals surface area contributed by atoms with Crippen molar-refractivity contribution in [1.82, 2.24) is 10.0 Å². The van der Waals surface area contributed by atoms with Crippen molar-refractivity contribution in [3.8, 4) is 5.75 Å². The molecule has 0 saturated carbocycles. The second-order valence-electron chi connectivity index (χ2n) is 6.41. The number of rotatable bonds is 5. The van der Waals surface area contributed by atoms with Gasteiger partial charge in [0.1, 0.15) is 5.75 Å². The van der Waals surface area contributed by atoms with Crippen molar-refractivity contribution >= 4 is 26.5 Å². The Hall–Kier alpha value is -2.12. The molecule has 1 atom stereocenters. The highest BCUT2D eigenvalue weighted by Crippen LogP contribution is 2.25. The smallest absolute Gasteiger partial charge is 0.275 e. The zero-order valence-corrected chi connectivity index (χ0v) is 15.2. The summed E-state index contributed by atoms with van der Waals surface area (Å²) in [7, 11) is 0.409. The van der Waals surface area contributed by atoms with Crippen molar-refractivity contribution in [3.05, 3.63) is 42.5 Å². The van der Waals surface area contributed by atoms with E-state index in [0.717, 1.165) is 10.8 Å². The molecule has 6 nitrogen and oxygen atoms in total. The van der Waals surface area contributed by atoms with Gasteiger partial charge in [0.25, 0.3) is 5.91 Å². The second kappa shape index (κ2) is 7.01. The molecule has 0 aliphatic carbocycles. The third-order valence-electron chi connectivity index (χ3n) is 4.34. The molecule has 0 spiro atoms. The molecule has 0 unspecified atom stereocenters. The molecule has 0 aromatic heterocycles. The molecule has 0 radical (unpaired) electrons. The first-order chi connectivity index (χ1) is 11.9. The lowest BCUT2D eigenvalue weighted by molar-refractivity contribution is -0.151. The predicted molar refractivity (Wildman–Crippen MR) is 97.0 cm³/mol. The van der Waals surface area contributed by atoms with Gasteiger partial charge < -0.3 is 4.74 Å². The van der Waals surface area contributed by atoms with Crippen LogP contribution in [0.1, 0.15) is 6.42 Å². The molecule has 2 aromatic carbocycles. The van der Waals surface area contributed by atoms with Gasteiger partial charge in [0.15, 0.2) is 16.4 Å². The van der Waals surface area contributed by atoms with Crippen LogP contribution in [0.3, 0.4) is 0 Å². The van der Waals surface area contributed by atoms with Crippen LogP contribution >= 0.6 is 0 Å². The number of sulfone groups is 1. The van der Waals surface area contributed by atoms with Crippen molar-refractivity contribution in [2.24, 2.45) is 0 Å². The van der Waals surface area contributed by atoms with Crippen LogP contribution in [0.2, 0.25) is 0 Å². The van der Waals surface area contributed by atoms with Crippen LogP contribution in [0.15, 0.2) is 42.5 Å². The zero-order chi connectivity index (χ0) is 18.0. The fourth-order valence-electron chi connectivity index (χ4n) is 3.25. The molecule has 1 heterocycles. The number of hydrogen-bond donors (Lipinski definition) is 0. The Morgan fingerprint density at radius 1 is 1.16 bits per heavy atom. The van der Waals surface area contributed by atoms with Crippen LogP contribution in [0.4, 0.5) is 0 Å². The summed E-state index contributed by atoms with van der Waals surface area (Å²) >= 11 is 0. The van der Waals surface area contributed by atoms with Gasteiger partial charge in [-0.3, -0.25) is 9.80 Å². The molecule has 1 amide bonds. The molecule has 2 aromatic rings. The molecule has 7 heteroatoms. The van der Waals surface area contributed by atoms with E-state index in [9.17, 15) is 13.2 Å². The Kier molecular flexibility index (Phi) is 4.96. The van der Waals surface area contributed by atoms with Gasteiger partial charge >= 0.3 is 0 Å². The predicted octanol–water partition coefficient (Wildman–Crippen LogP) is 1.71. The summed E-state index contributed by atoms with van der Waals surface area (Å²) in [6, 6.07) is 13.2. The third kappa shape index (κ3) is 3.93. The molecule has 1 saturated heterocycles. The number of carbonyl (C=O) groups excluding carboxylic acids is 1. The maximum atomic E-state index is 12.7. The molecule has 25 heavy (non-hydrogen) atoms. The van der Waals surface area contributed by atoms with Crippen LogP contribution in [-0.4, -0.2) is 62.6 Å². The number of fused-ring (bicyclic) bond motifs is 1. The average molecular weight is 362 g/mol. The number of hydrogen-bond acceptors (Lipinski definition) is 5. The normalized spacial score (nSPS) is 19.2. The molecular formula is C18H22N2O4S. The van der Waals surface area contributed by atoms with Gasteiger partial charge in [-0.1, -0.05) is 36.4 Å². The number of nitrogens with zero attached hydrogens (tertiary/aromatic N) is 2. The van der Waals surface area contributed by atoms with Crippen molar-refractivity contribution in [3.63, 3.8) is 0 Å². The van der Waals surface area contributed by atoms with E-state index in [-0.39, 0.29) is 30.1 Å². The van der Waals surface area contributed by atoms with E-state index >= 15 is 0 Å². The van der Waals surface area contributed by atoms with Gasteiger partial charge in [-0.15, -0.1) is 0 Å². The molecule has 3 rings (SSSR count). The Morgan fingerprint density at radius 3 is 2.56 bits per heavy atom. The minimum absolute atomic E-state index is 0.00515. The Morgan fingerprint density at radius 2 is 1.88 bits per heavy atom. The third-order valence-corrected chi connectivity index (χ3v) is 6.09. The van der Waals surface area contributed by atoms with Gasteiger partial charge in [-0.05, 0) is 17.9 Å². The van der Waals surface area contributed by atoms with Gasteiger partial charge in [-0.2, -0.15) is 0 Å². The standard InChI is InChI=1S/C18H22N2O4S/c1-19(2)20(15-10-11-25(22,23)13-15)18(21)12-24-17-9-5-7-14-6-3-4-8-16(14)17/h3-9,15H,10-13H2,1-2H3/t15-/m0/s1. The van der Waals surface area contributed by atoms with Gasteiger partial charge in [0, 0.05) is 19.5 Å². The van der Waals surface area contributed by atoms with E-state index in [0.29, 0.717) is 12.2 Å². The molecule has 134 valence electrons. The van der Waals surface area contributed by atoms with Crippen molar-refractivity contribution in [2.75, 3.05) is 32.2 Å². The summed E-state index contributed by atoms with van der Waals surface area (Å²) in [6.45, 7) is -0.136. The summed E-state index contributed by atoms with van der Waals surface area (Å²) in [6.07, 6.45) is 0.459. The van der Waals surface area contributed by atoms with Gasteiger partial charge in [0.05, 0.1) is 17.5 Å². The van der Waals surface area contributed by atoms with Crippen molar-refractivity contribution < 1.29 is 17.9 Å². The topological polar surface area (TPSA) is 66.9 Å². The van der Waals surface area contributed by atoms with E-state index in [4.69, 9.17) is 4.74 Å². The first-order valence-corrected chi connectivity index (χ1v) is 10.00. The number of ether oxygens (including phenoxy) is 1.